The first-order valence-corrected chi connectivity index (χ1v) is 12.3. The number of carbonyl (C=O) groups excluding carboxylic acids is 3. The number of likely N-dealkylation sites (tertiary alicyclic amines) is 1. The quantitative estimate of drug-likeness (QED) is 0.156. The Morgan fingerprint density at radius 2 is 1.68 bits per heavy atom. The molecule has 0 atom stereocenters. The summed E-state index contributed by atoms with van der Waals surface area (Å²) in [6.07, 6.45) is 1.50. The van der Waals surface area contributed by atoms with Crippen molar-refractivity contribution in [3.8, 4) is 0 Å². The van der Waals surface area contributed by atoms with E-state index >= 15 is 0 Å². The number of H-pyrrole nitrogens is 1. The predicted octanol–water partition coefficient (Wildman–Crippen LogP) is 4.97. The van der Waals surface area contributed by atoms with Crippen molar-refractivity contribution < 1.29 is 19.3 Å². The molecule has 0 spiro atoms. The molecule has 0 bridgehead atoms. The van der Waals surface area contributed by atoms with Crippen LogP contribution in [0, 0.1) is 10.1 Å². The van der Waals surface area contributed by atoms with Crippen molar-refractivity contribution in [2.75, 3.05) is 18.4 Å². The maximum atomic E-state index is 13.0. The molecule has 10 nitrogen and oxygen atoms in total. The summed E-state index contributed by atoms with van der Waals surface area (Å²) in [6, 6.07) is 17.7. The molecule has 1 fully saturated rings. The molecule has 192 valence electrons. The minimum atomic E-state index is -0.730. The Hall–Kier alpha value is -4.57. The van der Waals surface area contributed by atoms with Crippen molar-refractivity contribution in [2.45, 2.75) is 18.8 Å². The highest BCUT2D eigenvalue weighted by Crippen LogP contribution is 2.30. The van der Waals surface area contributed by atoms with Crippen LogP contribution in [0.2, 0.25) is 5.02 Å². The zero-order valence-corrected chi connectivity index (χ0v) is 20.8. The van der Waals surface area contributed by atoms with Gasteiger partial charge in [-0.25, -0.2) is 4.98 Å². The van der Waals surface area contributed by atoms with Crippen molar-refractivity contribution in [1.82, 2.24) is 14.9 Å². The van der Waals surface area contributed by atoms with Crippen molar-refractivity contribution >= 4 is 51.6 Å². The zero-order valence-electron chi connectivity index (χ0n) is 20.0. The minimum absolute atomic E-state index is 0.0697. The van der Waals surface area contributed by atoms with Gasteiger partial charge in [-0.2, -0.15) is 0 Å². The van der Waals surface area contributed by atoms with Crippen LogP contribution in [0.1, 0.15) is 45.3 Å². The standard InChI is InChI=1S/C27H22ClN5O5/c28-19-5-1-18(2-6-19)24(34)26(35)29-20-7-3-16(4-8-20)17-11-13-32(14-12-17)27(36)25-30-22-10-9-21(33(37)38)15-23(22)31-25/h1-10,15,17H,11-14H2,(H,29,35)(H,30,31). The van der Waals surface area contributed by atoms with E-state index in [9.17, 15) is 24.5 Å². The fourth-order valence-electron chi connectivity index (χ4n) is 4.54. The smallest absolute Gasteiger partial charge is 0.296 e. The molecule has 1 aliphatic rings. The number of aromatic amines is 1. The number of piperidine rings is 1. The zero-order chi connectivity index (χ0) is 26.8. The molecule has 38 heavy (non-hydrogen) atoms. The number of halogens is 1. The first kappa shape index (κ1) is 25.1. The molecule has 2 heterocycles. The lowest BCUT2D eigenvalue weighted by molar-refractivity contribution is -0.384. The van der Waals surface area contributed by atoms with Crippen LogP contribution in [0.5, 0.6) is 0 Å². The van der Waals surface area contributed by atoms with Gasteiger partial charge in [0.1, 0.15) is 0 Å². The van der Waals surface area contributed by atoms with Gasteiger partial charge >= 0.3 is 0 Å². The Labute approximate surface area is 221 Å². The van der Waals surface area contributed by atoms with E-state index in [4.69, 9.17) is 11.6 Å². The van der Waals surface area contributed by atoms with E-state index in [-0.39, 0.29) is 28.9 Å². The van der Waals surface area contributed by atoms with Gasteiger partial charge in [-0.15, -0.1) is 0 Å². The molecule has 5 rings (SSSR count). The monoisotopic (exact) mass is 531 g/mol. The molecule has 11 heteroatoms. The van der Waals surface area contributed by atoms with Gasteiger partial charge in [0.05, 0.1) is 16.0 Å². The van der Waals surface area contributed by atoms with Crippen LogP contribution in [-0.4, -0.2) is 50.5 Å². The lowest BCUT2D eigenvalue weighted by atomic mass is 9.89. The van der Waals surface area contributed by atoms with E-state index in [1.54, 1.807) is 29.2 Å². The fraction of sp³-hybridized carbons (Fsp3) is 0.185. The maximum Gasteiger partial charge on any atom is 0.296 e. The maximum absolute atomic E-state index is 13.0. The summed E-state index contributed by atoms with van der Waals surface area (Å²) in [5.41, 5.74) is 2.72. The van der Waals surface area contributed by atoms with E-state index in [0.29, 0.717) is 34.8 Å². The molecule has 0 unspecified atom stereocenters. The van der Waals surface area contributed by atoms with Crippen LogP contribution in [0.4, 0.5) is 11.4 Å². The normalized spacial score (nSPS) is 13.9. The number of carbonyl (C=O) groups is 3. The minimum Gasteiger partial charge on any atom is -0.336 e. The average Bonchev–Trinajstić information content (AvgIpc) is 3.37. The number of nitrogens with one attached hydrogen (secondary N) is 2. The Morgan fingerprint density at radius 1 is 1.00 bits per heavy atom. The van der Waals surface area contributed by atoms with E-state index in [1.165, 1.54) is 30.3 Å². The Kier molecular flexibility index (Phi) is 6.89. The first-order chi connectivity index (χ1) is 18.3. The number of fused-ring (bicyclic) bond motifs is 1. The van der Waals surface area contributed by atoms with Gasteiger partial charge in [0.2, 0.25) is 0 Å². The number of Topliss-reactive ketones (excluding diaryl/α,β-unsaturated/α-hetero) is 1. The van der Waals surface area contributed by atoms with Crippen LogP contribution < -0.4 is 5.32 Å². The van der Waals surface area contributed by atoms with Crippen LogP contribution >= 0.6 is 11.6 Å². The number of ketones is 1. The third-order valence-electron chi connectivity index (χ3n) is 6.61. The number of amides is 2. The number of nitrogens with zero attached hydrogens (tertiary/aromatic N) is 3. The van der Waals surface area contributed by atoms with Gasteiger partial charge in [-0.3, -0.25) is 24.5 Å². The summed E-state index contributed by atoms with van der Waals surface area (Å²) >= 11 is 5.83. The lowest BCUT2D eigenvalue weighted by Gasteiger charge is -2.31. The van der Waals surface area contributed by atoms with E-state index in [0.717, 1.165) is 18.4 Å². The fourth-order valence-corrected chi connectivity index (χ4v) is 4.66. The summed E-state index contributed by atoms with van der Waals surface area (Å²) < 4.78 is 0. The van der Waals surface area contributed by atoms with Crippen molar-refractivity contribution in [3.05, 3.63) is 98.8 Å². The van der Waals surface area contributed by atoms with E-state index < -0.39 is 16.6 Å². The Morgan fingerprint density at radius 3 is 2.34 bits per heavy atom. The number of hydrogen-bond acceptors (Lipinski definition) is 6. The van der Waals surface area contributed by atoms with Gasteiger partial charge in [0.15, 0.2) is 5.82 Å². The molecule has 4 aromatic rings. The van der Waals surface area contributed by atoms with Crippen LogP contribution in [0.3, 0.4) is 0 Å². The average molecular weight is 532 g/mol. The number of rotatable bonds is 6. The van der Waals surface area contributed by atoms with Gasteiger partial charge in [0, 0.05) is 41.5 Å². The van der Waals surface area contributed by atoms with Crippen molar-refractivity contribution in [2.24, 2.45) is 0 Å². The Bertz CT molecular complexity index is 1540. The number of anilines is 1. The SMILES string of the molecule is O=C(Nc1ccc(C2CCN(C(=O)c3nc4ccc([N+](=O)[O-])cc4[nH]3)CC2)cc1)C(=O)c1ccc(Cl)cc1. The highest BCUT2D eigenvalue weighted by atomic mass is 35.5. The number of nitro benzene ring substituents is 1. The summed E-state index contributed by atoms with van der Waals surface area (Å²) in [4.78, 5) is 57.1. The number of benzene rings is 3. The van der Waals surface area contributed by atoms with Crippen molar-refractivity contribution in [1.29, 1.82) is 0 Å². The summed E-state index contributed by atoms with van der Waals surface area (Å²) in [5, 5.41) is 14.1. The molecule has 0 radical (unpaired) electrons. The molecule has 3 aromatic carbocycles. The number of hydrogen-bond donors (Lipinski definition) is 2. The van der Waals surface area contributed by atoms with Crippen molar-refractivity contribution in [3.63, 3.8) is 0 Å². The Balaban J connectivity index is 1.17. The topological polar surface area (TPSA) is 138 Å². The summed E-state index contributed by atoms with van der Waals surface area (Å²) in [5.74, 6) is -1.23. The summed E-state index contributed by atoms with van der Waals surface area (Å²) in [7, 11) is 0. The molecule has 0 saturated carbocycles. The number of aromatic nitrogens is 2. The number of non-ortho nitro benzene ring substituents is 1. The third kappa shape index (κ3) is 5.25. The van der Waals surface area contributed by atoms with Gasteiger partial charge in [-0.05, 0) is 66.8 Å². The van der Waals surface area contributed by atoms with Gasteiger partial charge in [0.25, 0.3) is 23.3 Å². The first-order valence-electron chi connectivity index (χ1n) is 11.9. The van der Waals surface area contributed by atoms with Gasteiger partial charge < -0.3 is 15.2 Å². The molecular formula is C27H22ClN5O5. The van der Waals surface area contributed by atoms with Crippen LogP contribution in [0.25, 0.3) is 11.0 Å². The highest BCUT2D eigenvalue weighted by molar-refractivity contribution is 6.46. The largest absolute Gasteiger partial charge is 0.336 e. The highest BCUT2D eigenvalue weighted by Gasteiger charge is 2.27. The third-order valence-corrected chi connectivity index (χ3v) is 6.87. The lowest BCUT2D eigenvalue weighted by Crippen LogP contribution is -2.38. The molecule has 0 aliphatic carbocycles. The number of imidazole rings is 1. The van der Waals surface area contributed by atoms with Crippen LogP contribution in [-0.2, 0) is 4.79 Å². The van der Waals surface area contributed by atoms with E-state index in [1.807, 2.05) is 12.1 Å². The second-order valence-corrected chi connectivity index (χ2v) is 9.46. The van der Waals surface area contributed by atoms with Crippen LogP contribution in [0.15, 0.2) is 66.7 Å². The van der Waals surface area contributed by atoms with E-state index in [2.05, 4.69) is 15.3 Å². The number of nitro groups is 1. The second-order valence-electron chi connectivity index (χ2n) is 9.02. The summed E-state index contributed by atoms with van der Waals surface area (Å²) in [6.45, 7) is 1.07. The predicted molar refractivity (Wildman–Crippen MR) is 141 cm³/mol. The molecule has 1 saturated heterocycles. The molecule has 1 aromatic heterocycles. The molecule has 1 aliphatic heterocycles. The molecular weight excluding hydrogens is 510 g/mol. The van der Waals surface area contributed by atoms with Gasteiger partial charge in [-0.1, -0.05) is 23.7 Å². The molecule has 2 amide bonds. The molecule has 2 N–H and O–H groups in total. The second kappa shape index (κ2) is 10.4.